The zero-order valence-corrected chi connectivity index (χ0v) is 12.8. The highest BCUT2D eigenvalue weighted by Crippen LogP contribution is 2.29. The number of carboxylic acids is 1. The van der Waals surface area contributed by atoms with Crippen LogP contribution in [0.5, 0.6) is 0 Å². The Bertz CT molecular complexity index is 829. The molecule has 1 aliphatic rings. The number of ether oxygens (including phenoxy) is 1. The maximum Gasteiger partial charge on any atom is 0.414 e. The molecule has 0 fully saturated rings. The zero-order valence-electron chi connectivity index (χ0n) is 12.8. The highest BCUT2D eigenvalue weighted by atomic mass is 16.6. The molecule has 0 aliphatic carbocycles. The first-order valence-corrected chi connectivity index (χ1v) is 7.54. The lowest BCUT2D eigenvalue weighted by Gasteiger charge is -2.29. The second-order valence-corrected chi connectivity index (χ2v) is 5.46. The van der Waals surface area contributed by atoms with Crippen LogP contribution < -0.4 is 10.5 Å². The fraction of sp³-hybridized carbons (Fsp3) is 0.235. The number of nitrogens with one attached hydrogen (secondary N) is 1. The first-order chi connectivity index (χ1) is 11.6. The van der Waals surface area contributed by atoms with Gasteiger partial charge in [0.05, 0.1) is 11.3 Å². The van der Waals surface area contributed by atoms with Gasteiger partial charge in [-0.3, -0.25) is 9.69 Å². The average Bonchev–Trinajstić information content (AvgIpc) is 2.60. The third kappa shape index (κ3) is 3.01. The molecule has 124 valence electrons. The molecule has 0 saturated carbocycles. The second kappa shape index (κ2) is 6.57. The van der Waals surface area contributed by atoms with Crippen LogP contribution in [0.25, 0.3) is 0 Å². The van der Waals surface area contributed by atoms with Crippen LogP contribution in [0, 0.1) is 0 Å². The van der Waals surface area contributed by atoms with Crippen molar-refractivity contribution in [1.82, 2.24) is 4.98 Å². The Kier molecular flexibility index (Phi) is 4.33. The van der Waals surface area contributed by atoms with Gasteiger partial charge in [-0.25, -0.2) is 9.59 Å². The monoisotopic (exact) mass is 328 g/mol. The topological polar surface area (TPSA) is 99.7 Å². The lowest BCUT2D eigenvalue weighted by Crippen LogP contribution is -2.39. The average molecular weight is 328 g/mol. The predicted octanol–water partition coefficient (Wildman–Crippen LogP) is 2.16. The van der Waals surface area contributed by atoms with Crippen molar-refractivity contribution >= 4 is 17.7 Å². The van der Waals surface area contributed by atoms with Gasteiger partial charge < -0.3 is 14.8 Å². The minimum Gasteiger partial charge on any atom is -0.478 e. The Balaban J connectivity index is 1.88. The number of benzene rings is 1. The van der Waals surface area contributed by atoms with Crippen LogP contribution in [-0.2, 0) is 17.8 Å². The summed E-state index contributed by atoms with van der Waals surface area (Å²) in [6, 6.07) is 9.18. The van der Waals surface area contributed by atoms with Crippen LogP contribution in [0.15, 0.2) is 41.3 Å². The van der Waals surface area contributed by atoms with E-state index in [1.165, 1.54) is 4.90 Å². The van der Waals surface area contributed by atoms with E-state index in [9.17, 15) is 19.5 Å². The van der Waals surface area contributed by atoms with Gasteiger partial charge in [-0.15, -0.1) is 0 Å². The summed E-state index contributed by atoms with van der Waals surface area (Å²) in [4.78, 5) is 39.5. The third-order valence-corrected chi connectivity index (χ3v) is 3.90. The summed E-state index contributed by atoms with van der Waals surface area (Å²) < 4.78 is 5.28. The molecule has 7 heteroatoms. The fourth-order valence-corrected chi connectivity index (χ4v) is 2.77. The minimum atomic E-state index is -1.20. The number of aromatic carboxylic acids is 1. The van der Waals surface area contributed by atoms with E-state index in [1.54, 1.807) is 0 Å². The first kappa shape index (κ1) is 15.8. The van der Waals surface area contributed by atoms with Crippen LogP contribution in [-0.4, -0.2) is 28.7 Å². The largest absolute Gasteiger partial charge is 0.478 e. The Morgan fingerprint density at radius 1 is 1.25 bits per heavy atom. The number of H-pyrrole nitrogens is 1. The number of hydrogen-bond acceptors (Lipinski definition) is 4. The van der Waals surface area contributed by atoms with Gasteiger partial charge in [0.2, 0.25) is 0 Å². The van der Waals surface area contributed by atoms with E-state index >= 15 is 0 Å². The summed E-state index contributed by atoms with van der Waals surface area (Å²) in [5, 5.41) is 9.34. The van der Waals surface area contributed by atoms with E-state index in [1.807, 2.05) is 30.3 Å². The molecule has 0 radical (unpaired) electrons. The SMILES string of the molecule is O=C(O)c1c[nH]c(=O)c2c1N(C(=O)OCc1ccccc1)CCC2. The van der Waals surface area contributed by atoms with Crippen molar-refractivity contribution in [3.63, 3.8) is 0 Å². The van der Waals surface area contributed by atoms with Crippen LogP contribution in [0.3, 0.4) is 0 Å². The smallest absolute Gasteiger partial charge is 0.414 e. The number of aromatic amines is 1. The van der Waals surface area contributed by atoms with Gasteiger partial charge in [0.1, 0.15) is 6.61 Å². The van der Waals surface area contributed by atoms with E-state index in [0.717, 1.165) is 11.8 Å². The van der Waals surface area contributed by atoms with E-state index in [0.29, 0.717) is 24.9 Å². The number of carbonyl (C=O) groups is 2. The molecule has 2 aromatic rings. The number of rotatable bonds is 3. The van der Waals surface area contributed by atoms with E-state index in [-0.39, 0.29) is 23.4 Å². The Labute approximate surface area is 137 Å². The van der Waals surface area contributed by atoms with Gasteiger partial charge in [0.25, 0.3) is 5.56 Å². The molecule has 0 unspecified atom stereocenters. The fourth-order valence-electron chi connectivity index (χ4n) is 2.77. The molecular formula is C17H16N2O5. The molecule has 1 aromatic carbocycles. The summed E-state index contributed by atoms with van der Waals surface area (Å²) in [6.07, 6.45) is 1.45. The van der Waals surface area contributed by atoms with E-state index in [2.05, 4.69) is 4.98 Å². The third-order valence-electron chi connectivity index (χ3n) is 3.90. The minimum absolute atomic E-state index is 0.0805. The molecule has 3 rings (SSSR count). The lowest BCUT2D eigenvalue weighted by molar-refractivity contribution is 0.0697. The molecule has 1 aromatic heterocycles. The highest BCUT2D eigenvalue weighted by molar-refractivity contribution is 6.01. The van der Waals surface area contributed by atoms with Crippen molar-refractivity contribution in [2.45, 2.75) is 19.4 Å². The van der Waals surface area contributed by atoms with Gasteiger partial charge >= 0.3 is 12.1 Å². The molecule has 0 spiro atoms. The van der Waals surface area contributed by atoms with Crippen molar-refractivity contribution in [2.75, 3.05) is 11.4 Å². The van der Waals surface area contributed by atoms with Crippen molar-refractivity contribution in [3.05, 3.63) is 63.6 Å². The molecule has 7 nitrogen and oxygen atoms in total. The van der Waals surface area contributed by atoms with E-state index in [4.69, 9.17) is 4.74 Å². The van der Waals surface area contributed by atoms with Gasteiger partial charge in [-0.2, -0.15) is 0 Å². The molecule has 0 bridgehead atoms. The van der Waals surface area contributed by atoms with Gasteiger partial charge in [0, 0.05) is 18.3 Å². The Morgan fingerprint density at radius 2 is 2.00 bits per heavy atom. The number of amides is 1. The zero-order chi connectivity index (χ0) is 17.1. The molecule has 1 aliphatic heterocycles. The second-order valence-electron chi connectivity index (χ2n) is 5.46. The number of aromatic nitrogens is 1. The molecular weight excluding hydrogens is 312 g/mol. The number of carboxylic acid groups (broad SMARTS) is 1. The van der Waals surface area contributed by atoms with Gasteiger partial charge in [-0.1, -0.05) is 30.3 Å². The number of carbonyl (C=O) groups excluding carboxylic acids is 1. The lowest BCUT2D eigenvalue weighted by atomic mass is 10.0. The van der Waals surface area contributed by atoms with Crippen molar-refractivity contribution < 1.29 is 19.4 Å². The Hall–Kier alpha value is -3.09. The maximum atomic E-state index is 12.4. The number of pyridine rings is 1. The van der Waals surface area contributed by atoms with Crippen LogP contribution >= 0.6 is 0 Å². The van der Waals surface area contributed by atoms with Crippen molar-refractivity contribution in [3.8, 4) is 0 Å². The van der Waals surface area contributed by atoms with Crippen LogP contribution in [0.1, 0.15) is 27.9 Å². The molecule has 2 N–H and O–H groups in total. The number of hydrogen-bond donors (Lipinski definition) is 2. The summed E-state index contributed by atoms with van der Waals surface area (Å²) in [5.74, 6) is -1.20. The normalized spacial score (nSPS) is 13.2. The highest BCUT2D eigenvalue weighted by Gasteiger charge is 2.30. The molecule has 2 heterocycles. The standard InChI is InChI=1S/C17H16N2O5/c20-15-12-7-4-8-19(14(12)13(9-18-15)16(21)22)17(23)24-10-11-5-2-1-3-6-11/h1-3,5-6,9H,4,7-8,10H2,(H,18,20)(H,21,22). The van der Waals surface area contributed by atoms with Gasteiger partial charge in [0.15, 0.2) is 0 Å². The number of anilines is 1. The van der Waals surface area contributed by atoms with Crippen LogP contribution in [0.4, 0.5) is 10.5 Å². The maximum absolute atomic E-state index is 12.4. The summed E-state index contributed by atoms with van der Waals surface area (Å²) >= 11 is 0. The summed E-state index contributed by atoms with van der Waals surface area (Å²) in [7, 11) is 0. The summed E-state index contributed by atoms with van der Waals surface area (Å²) in [6.45, 7) is 0.390. The molecule has 0 atom stereocenters. The quantitative estimate of drug-likeness (QED) is 0.899. The van der Waals surface area contributed by atoms with Gasteiger partial charge in [-0.05, 0) is 18.4 Å². The Morgan fingerprint density at radius 3 is 2.71 bits per heavy atom. The van der Waals surface area contributed by atoms with Crippen LogP contribution in [0.2, 0.25) is 0 Å². The molecule has 0 saturated heterocycles. The van der Waals surface area contributed by atoms with Crippen molar-refractivity contribution in [2.24, 2.45) is 0 Å². The predicted molar refractivity (Wildman–Crippen MR) is 86.3 cm³/mol. The molecule has 24 heavy (non-hydrogen) atoms. The number of fused-ring (bicyclic) bond motifs is 1. The van der Waals surface area contributed by atoms with E-state index < -0.39 is 12.1 Å². The number of nitrogens with zero attached hydrogens (tertiary/aromatic N) is 1. The first-order valence-electron chi connectivity index (χ1n) is 7.54. The molecule has 1 amide bonds. The summed E-state index contributed by atoms with van der Waals surface area (Å²) in [5.41, 5.74) is 0.775. The van der Waals surface area contributed by atoms with Crippen molar-refractivity contribution in [1.29, 1.82) is 0 Å².